The number of thiocarbonyl (C=S) groups is 1. The summed E-state index contributed by atoms with van der Waals surface area (Å²) < 4.78 is 39.2. The largest absolute Gasteiger partial charge is 0.393 e. The van der Waals surface area contributed by atoms with Crippen LogP contribution < -0.4 is 5.73 Å². The fourth-order valence-corrected chi connectivity index (χ4v) is 3.67. The van der Waals surface area contributed by atoms with Crippen molar-refractivity contribution in [2.24, 2.45) is 23.5 Å². The second-order valence-corrected chi connectivity index (χ2v) is 6.51. The average Bonchev–Trinajstić information content (AvgIpc) is 2.45. The molecule has 1 saturated heterocycles. The molecule has 21 heavy (non-hydrogen) atoms. The van der Waals surface area contributed by atoms with Crippen molar-refractivity contribution in [1.82, 2.24) is 4.90 Å². The summed E-state index contributed by atoms with van der Waals surface area (Å²) in [5.74, 6) is -2.61. The molecule has 2 fully saturated rings. The van der Waals surface area contributed by atoms with Gasteiger partial charge in [-0.2, -0.15) is 13.2 Å². The number of alkyl halides is 3. The van der Waals surface area contributed by atoms with Crippen LogP contribution >= 0.6 is 12.2 Å². The van der Waals surface area contributed by atoms with Crippen molar-refractivity contribution in [3.05, 3.63) is 0 Å². The van der Waals surface area contributed by atoms with Crippen molar-refractivity contribution in [2.75, 3.05) is 13.1 Å². The monoisotopic (exact) mass is 322 g/mol. The van der Waals surface area contributed by atoms with Gasteiger partial charge in [-0.3, -0.25) is 4.79 Å². The van der Waals surface area contributed by atoms with Crippen molar-refractivity contribution in [2.45, 2.75) is 44.7 Å². The van der Waals surface area contributed by atoms with E-state index < -0.39 is 18.0 Å². The first kappa shape index (κ1) is 16.5. The zero-order chi connectivity index (χ0) is 15.6. The number of carbonyl (C=O) groups excluding carboxylic acids is 1. The van der Waals surface area contributed by atoms with Crippen molar-refractivity contribution in [3.8, 4) is 0 Å². The van der Waals surface area contributed by atoms with E-state index in [4.69, 9.17) is 18.0 Å². The van der Waals surface area contributed by atoms with Crippen LogP contribution in [0.4, 0.5) is 13.2 Å². The highest BCUT2D eigenvalue weighted by Crippen LogP contribution is 2.42. The van der Waals surface area contributed by atoms with Gasteiger partial charge in [0.05, 0.1) is 10.9 Å². The molecule has 1 amide bonds. The molecule has 0 aromatic heterocycles. The molecule has 1 heterocycles. The zero-order valence-electron chi connectivity index (χ0n) is 11.9. The van der Waals surface area contributed by atoms with Gasteiger partial charge in [-0.05, 0) is 25.7 Å². The Morgan fingerprint density at radius 3 is 2.19 bits per heavy atom. The van der Waals surface area contributed by atoms with Crippen molar-refractivity contribution < 1.29 is 18.0 Å². The second kappa shape index (κ2) is 6.50. The van der Waals surface area contributed by atoms with Gasteiger partial charge < -0.3 is 10.6 Å². The Labute approximate surface area is 128 Å². The third kappa shape index (κ3) is 3.87. The number of nitrogens with two attached hydrogens (primary N) is 1. The first-order valence-electron chi connectivity index (χ1n) is 7.45. The number of hydrogen-bond donors (Lipinski definition) is 1. The molecule has 2 rings (SSSR count). The van der Waals surface area contributed by atoms with E-state index >= 15 is 0 Å². The Balaban J connectivity index is 2.00. The smallest absolute Gasteiger partial charge is 0.392 e. The molecule has 3 nitrogen and oxygen atoms in total. The average molecular weight is 322 g/mol. The molecule has 1 aliphatic heterocycles. The molecule has 0 aromatic carbocycles. The van der Waals surface area contributed by atoms with E-state index in [0.29, 0.717) is 50.2 Å². The summed E-state index contributed by atoms with van der Waals surface area (Å²) in [7, 11) is 0. The predicted molar refractivity (Wildman–Crippen MR) is 77.6 cm³/mol. The number of rotatable bonds is 2. The van der Waals surface area contributed by atoms with E-state index in [-0.39, 0.29) is 18.2 Å². The lowest BCUT2D eigenvalue weighted by Crippen LogP contribution is -2.48. The summed E-state index contributed by atoms with van der Waals surface area (Å²) in [5.41, 5.74) is 5.59. The molecule has 120 valence electrons. The summed E-state index contributed by atoms with van der Waals surface area (Å²) in [6.45, 7) is 0.920. The fraction of sp³-hybridized carbons (Fsp3) is 0.857. The van der Waals surface area contributed by atoms with Crippen LogP contribution in [0.2, 0.25) is 0 Å². The minimum Gasteiger partial charge on any atom is -0.393 e. The van der Waals surface area contributed by atoms with Gasteiger partial charge in [0.1, 0.15) is 0 Å². The van der Waals surface area contributed by atoms with Crippen LogP contribution in [0.1, 0.15) is 38.5 Å². The summed E-state index contributed by atoms with van der Waals surface area (Å²) in [6.07, 6.45) is -1.29. The number of halogens is 3. The SMILES string of the molecule is NC(=S)C1CCN(C(=O)C2CCCCC2C(F)(F)F)CC1. The van der Waals surface area contributed by atoms with E-state index in [1.54, 1.807) is 4.90 Å². The molecule has 1 aliphatic carbocycles. The normalized spacial score (nSPS) is 28.4. The Kier molecular flexibility index (Phi) is 5.11. The maximum absolute atomic E-state index is 13.1. The molecule has 7 heteroatoms. The van der Waals surface area contributed by atoms with E-state index in [1.165, 1.54) is 0 Å². The zero-order valence-corrected chi connectivity index (χ0v) is 12.7. The van der Waals surface area contributed by atoms with Crippen LogP contribution in [0, 0.1) is 17.8 Å². The van der Waals surface area contributed by atoms with Crippen LogP contribution in [0.15, 0.2) is 0 Å². The highest BCUT2D eigenvalue weighted by molar-refractivity contribution is 7.80. The number of piperidine rings is 1. The molecule has 2 unspecified atom stereocenters. The van der Waals surface area contributed by atoms with Crippen LogP contribution in [0.3, 0.4) is 0 Å². The summed E-state index contributed by atoms with van der Waals surface area (Å²) in [5, 5.41) is 0. The van der Waals surface area contributed by atoms with Gasteiger partial charge in [0.2, 0.25) is 5.91 Å². The Hall–Kier alpha value is -0.850. The van der Waals surface area contributed by atoms with Crippen LogP contribution in [0.25, 0.3) is 0 Å². The van der Waals surface area contributed by atoms with Crippen LogP contribution in [-0.2, 0) is 4.79 Å². The van der Waals surface area contributed by atoms with Gasteiger partial charge in [0.25, 0.3) is 0 Å². The Morgan fingerprint density at radius 2 is 1.67 bits per heavy atom. The van der Waals surface area contributed by atoms with Crippen LogP contribution in [0.5, 0.6) is 0 Å². The van der Waals surface area contributed by atoms with E-state index in [1.807, 2.05) is 0 Å². The lowest BCUT2D eigenvalue weighted by atomic mass is 9.77. The standard InChI is InChI=1S/C14H21F3N2OS/c15-14(16,17)11-4-2-1-3-10(11)13(20)19-7-5-9(6-8-19)12(18)21/h9-11H,1-8H2,(H2,18,21). The van der Waals surface area contributed by atoms with Gasteiger partial charge in [0, 0.05) is 24.9 Å². The molecule has 0 radical (unpaired) electrons. The number of carbonyl (C=O) groups is 1. The first-order chi connectivity index (χ1) is 9.80. The third-order valence-electron chi connectivity index (χ3n) is 4.71. The molecule has 2 N–H and O–H groups in total. The Morgan fingerprint density at radius 1 is 1.10 bits per heavy atom. The summed E-state index contributed by atoms with van der Waals surface area (Å²) in [6, 6.07) is 0. The number of likely N-dealkylation sites (tertiary alicyclic amines) is 1. The van der Waals surface area contributed by atoms with Crippen molar-refractivity contribution in [3.63, 3.8) is 0 Å². The molecule has 0 aromatic rings. The Bertz CT molecular complexity index is 406. The third-order valence-corrected chi connectivity index (χ3v) is 5.05. The molecule has 2 atom stereocenters. The summed E-state index contributed by atoms with van der Waals surface area (Å²) >= 11 is 4.94. The summed E-state index contributed by atoms with van der Waals surface area (Å²) in [4.78, 5) is 14.5. The van der Waals surface area contributed by atoms with Gasteiger partial charge in [-0.1, -0.05) is 25.1 Å². The van der Waals surface area contributed by atoms with Gasteiger partial charge >= 0.3 is 6.18 Å². The maximum Gasteiger partial charge on any atom is 0.392 e. The quantitative estimate of drug-likeness (QED) is 0.795. The van der Waals surface area contributed by atoms with Crippen molar-refractivity contribution >= 4 is 23.1 Å². The van der Waals surface area contributed by atoms with Crippen molar-refractivity contribution in [1.29, 1.82) is 0 Å². The maximum atomic E-state index is 13.1. The molecule has 0 spiro atoms. The number of hydrogen-bond acceptors (Lipinski definition) is 2. The lowest BCUT2D eigenvalue weighted by molar-refractivity contribution is -0.201. The lowest BCUT2D eigenvalue weighted by Gasteiger charge is -2.38. The van der Waals surface area contributed by atoms with Gasteiger partial charge in [-0.25, -0.2) is 0 Å². The van der Waals surface area contributed by atoms with E-state index in [2.05, 4.69) is 0 Å². The highest BCUT2D eigenvalue weighted by Gasteiger charge is 2.49. The number of nitrogens with zero attached hydrogens (tertiary/aromatic N) is 1. The molecule has 1 saturated carbocycles. The van der Waals surface area contributed by atoms with Crippen LogP contribution in [-0.4, -0.2) is 35.1 Å². The van der Waals surface area contributed by atoms with Gasteiger partial charge in [-0.15, -0.1) is 0 Å². The molecule has 2 aliphatic rings. The highest BCUT2D eigenvalue weighted by atomic mass is 32.1. The fourth-order valence-electron chi connectivity index (χ4n) is 3.44. The van der Waals surface area contributed by atoms with E-state index in [0.717, 1.165) is 0 Å². The topological polar surface area (TPSA) is 46.3 Å². The number of amides is 1. The molecular weight excluding hydrogens is 301 g/mol. The van der Waals surface area contributed by atoms with E-state index in [9.17, 15) is 18.0 Å². The first-order valence-corrected chi connectivity index (χ1v) is 7.86. The predicted octanol–water partition coefficient (Wildman–Crippen LogP) is 2.88. The minimum absolute atomic E-state index is 0.0727. The molecule has 0 bridgehead atoms. The second-order valence-electron chi connectivity index (χ2n) is 6.04. The molecular formula is C14H21F3N2OS. The minimum atomic E-state index is -4.28. The van der Waals surface area contributed by atoms with Gasteiger partial charge in [0.15, 0.2) is 0 Å².